The van der Waals surface area contributed by atoms with Crippen LogP contribution in [0.3, 0.4) is 0 Å². The molecular formula is C89H117N19O4S4. The summed E-state index contributed by atoms with van der Waals surface area (Å²) in [7, 11) is 13.6. The second-order valence-corrected chi connectivity index (χ2v) is 40.9. The zero-order chi connectivity index (χ0) is 83.2. The third-order valence-electron chi connectivity index (χ3n) is 22.4. The van der Waals surface area contributed by atoms with Crippen LogP contribution in [0.2, 0.25) is 0 Å². The normalized spacial score (nSPS) is 18.7. The summed E-state index contributed by atoms with van der Waals surface area (Å²) in [6, 6.07) is 43.8. The van der Waals surface area contributed by atoms with Crippen molar-refractivity contribution in [3.63, 3.8) is 0 Å². The van der Waals surface area contributed by atoms with Gasteiger partial charge in [-0.25, -0.2) is 9.67 Å². The predicted octanol–water partition coefficient (Wildman–Crippen LogP) is 18.6. The average Bonchev–Trinajstić information content (AvgIpc) is 1.56. The molecule has 16 rings (SSSR count). The number of piperidine rings is 4. The van der Waals surface area contributed by atoms with E-state index >= 15 is 0 Å². The topological polar surface area (TPSA) is 243 Å². The SMILES string of the molecule is CN(c1nnc(-c2ccc3cc(O)ccc3c2)s1)C1CC(C)(C)NC(C)(C)C1.COc1cc(-n2cccn2)ccc1-c1nnc(N(C)C2CC(C)(C)NC(C)(C)C2)s1.COc1cc2ccccc2cc1-c1nnc(N(C)C2CC(C)(C)NC(C)(C)C2)s1.COc1nc2ccccc2cc1-c1nnc(N(C)C2CC(C)(C)NC(C)(C)C2)s1. The summed E-state index contributed by atoms with van der Waals surface area (Å²) in [6.07, 6.45) is 12.2. The van der Waals surface area contributed by atoms with E-state index in [0.29, 0.717) is 30.0 Å². The number of phenolic OH excluding ortho intramolecular Hbond substituents is 1. The molecule has 0 saturated carbocycles. The van der Waals surface area contributed by atoms with Crippen LogP contribution in [0.15, 0.2) is 140 Å². The van der Waals surface area contributed by atoms with Crippen LogP contribution in [0.4, 0.5) is 20.5 Å². The van der Waals surface area contributed by atoms with Gasteiger partial charge in [-0.1, -0.05) is 106 Å². The lowest BCUT2D eigenvalue weighted by atomic mass is 9.79. The number of fused-ring (bicyclic) bond motifs is 3. The molecule has 6 aromatic heterocycles. The molecule has 5 N–H and O–H groups in total. The fourth-order valence-corrected chi connectivity index (χ4v) is 22.0. The Balaban J connectivity index is 0.000000135. The molecule has 4 fully saturated rings. The van der Waals surface area contributed by atoms with Gasteiger partial charge in [-0.2, -0.15) is 5.10 Å². The zero-order valence-electron chi connectivity index (χ0n) is 71.8. The van der Waals surface area contributed by atoms with E-state index in [4.69, 9.17) is 14.2 Å². The van der Waals surface area contributed by atoms with Crippen LogP contribution >= 0.6 is 45.3 Å². The summed E-state index contributed by atoms with van der Waals surface area (Å²) < 4.78 is 18.7. The summed E-state index contributed by atoms with van der Waals surface area (Å²) in [5.74, 6) is 2.46. The molecule has 0 amide bonds. The van der Waals surface area contributed by atoms with Crippen LogP contribution < -0.4 is 55.1 Å². The van der Waals surface area contributed by atoms with Crippen molar-refractivity contribution in [3.8, 4) is 71.1 Å². The number of phenols is 1. The lowest BCUT2D eigenvalue weighted by Gasteiger charge is -2.48. The van der Waals surface area contributed by atoms with Crippen LogP contribution in [0.25, 0.3) is 80.4 Å². The highest BCUT2D eigenvalue weighted by Crippen LogP contribution is 2.45. The van der Waals surface area contributed by atoms with Crippen molar-refractivity contribution in [1.29, 1.82) is 0 Å². The Morgan fingerprint density at radius 1 is 0.371 bits per heavy atom. The summed E-state index contributed by atoms with van der Waals surface area (Å²) >= 11 is 6.45. The standard InChI is InChI=1S/C23H30N4OS.C22H30N6OS.C22H29N5OS.C22H28N4OS/c1-22(2)13-17(14-23(3,4)26-22)27(5)21-25-24-20(29-21)18-11-15-9-7-8-10-16(15)12-19(18)28-6;1-21(2)13-16(14-22(3,4)26-21)27(5)20-25-24-19(30-20)17-9-8-15(12-18(17)29-6)28-11-7-10-23-28;1-21(2)12-15(13-22(3,4)26-21)27(5)20-25-24-19(29-20)16-11-14-9-7-8-10-17(14)23-18(16)28-6;1-21(2)12-17(13-22(3,4)25-21)26(5)20-24-23-19(28-20)16-7-6-15-11-18(27)9-8-14(15)10-16/h7-12,17,26H,13-14H2,1-6H3;7-12,16,26H,13-14H2,1-6H3;7-11,15,26H,12-13H2,1-6H3;6-11,17,25,27H,12-13H2,1-5H3. The summed E-state index contributed by atoms with van der Waals surface area (Å²) in [5, 5.41) is 77.7. The molecule has 12 aromatic rings. The Bertz CT molecular complexity index is 5160. The quantitative estimate of drug-likeness (QED) is 0.0604. The Morgan fingerprint density at radius 3 is 1.18 bits per heavy atom. The van der Waals surface area contributed by atoms with E-state index in [2.05, 4.69) is 279 Å². The molecular weight excluding hydrogens is 1530 g/mol. The molecule has 116 heavy (non-hydrogen) atoms. The van der Waals surface area contributed by atoms with Crippen LogP contribution in [0.5, 0.6) is 23.1 Å². The van der Waals surface area contributed by atoms with Gasteiger partial charge in [0.15, 0.2) is 15.0 Å². The van der Waals surface area contributed by atoms with Gasteiger partial charge in [0.25, 0.3) is 0 Å². The minimum atomic E-state index is 0.0830. The first-order valence-electron chi connectivity index (χ1n) is 40.0. The van der Waals surface area contributed by atoms with E-state index in [1.165, 1.54) is 5.39 Å². The molecule has 4 aliphatic heterocycles. The summed E-state index contributed by atoms with van der Waals surface area (Å²) in [4.78, 5) is 13.8. The van der Waals surface area contributed by atoms with Crippen LogP contribution in [0, 0.1) is 0 Å². The molecule has 0 atom stereocenters. The highest BCUT2D eigenvalue weighted by atomic mass is 32.1. The average molecular weight is 1650 g/mol. The van der Waals surface area contributed by atoms with E-state index in [1.54, 1.807) is 85.0 Å². The summed E-state index contributed by atoms with van der Waals surface area (Å²) in [6.45, 7) is 36.4. The van der Waals surface area contributed by atoms with Crippen LogP contribution in [0.1, 0.15) is 162 Å². The Labute approximate surface area is 700 Å². The molecule has 4 aliphatic rings. The second kappa shape index (κ2) is 33.4. The number of methoxy groups -OCH3 is 3. The van der Waals surface area contributed by atoms with Crippen molar-refractivity contribution in [2.45, 2.75) is 231 Å². The van der Waals surface area contributed by atoms with E-state index in [1.807, 2.05) is 77.6 Å². The molecule has 0 aliphatic carbocycles. The molecule has 0 radical (unpaired) electrons. The van der Waals surface area contributed by atoms with Gasteiger partial charge < -0.3 is 60.2 Å². The van der Waals surface area contributed by atoms with Gasteiger partial charge >= 0.3 is 0 Å². The first-order chi connectivity index (χ1) is 54.6. The maximum absolute atomic E-state index is 9.65. The van der Waals surface area contributed by atoms with Crippen molar-refractivity contribution in [2.75, 3.05) is 69.1 Å². The number of anilines is 4. The number of hydrogen-bond donors (Lipinski definition) is 5. The second-order valence-electron chi connectivity index (χ2n) is 37.0. The number of hydrogen-bond acceptors (Lipinski definition) is 26. The minimum Gasteiger partial charge on any atom is -0.508 e. The fourth-order valence-electron chi connectivity index (χ4n) is 18.4. The Kier molecular flexibility index (Phi) is 24.4. The molecule has 6 aromatic carbocycles. The van der Waals surface area contributed by atoms with Gasteiger partial charge in [-0.3, -0.25) is 0 Å². The van der Waals surface area contributed by atoms with E-state index in [0.717, 1.165) is 158 Å². The molecule has 10 heterocycles. The van der Waals surface area contributed by atoms with Gasteiger partial charge in [0.05, 0.1) is 49.2 Å². The molecule has 27 heteroatoms. The largest absolute Gasteiger partial charge is 0.508 e. The lowest BCUT2D eigenvalue weighted by molar-refractivity contribution is 0.160. The number of nitrogens with one attached hydrogen (secondary N) is 4. The number of rotatable bonds is 16. The van der Waals surface area contributed by atoms with E-state index in [9.17, 15) is 5.11 Å². The molecule has 0 unspecified atom stereocenters. The molecule has 4 saturated heterocycles. The fraction of sp³-hybridized carbons (Fsp3) is 0.483. The first-order valence-corrected chi connectivity index (χ1v) is 43.3. The zero-order valence-corrected chi connectivity index (χ0v) is 75.0. The van der Waals surface area contributed by atoms with Gasteiger partial charge in [-0.05, 0) is 244 Å². The number of ether oxygens (including phenoxy) is 3. The number of aromatic nitrogens is 11. The maximum Gasteiger partial charge on any atom is 0.224 e. The maximum atomic E-state index is 9.65. The smallest absolute Gasteiger partial charge is 0.224 e. The van der Waals surface area contributed by atoms with E-state index in [-0.39, 0.29) is 50.1 Å². The predicted molar refractivity (Wildman–Crippen MR) is 481 cm³/mol. The molecule has 23 nitrogen and oxygen atoms in total. The summed E-state index contributed by atoms with van der Waals surface area (Å²) in [5.41, 5.74) is 6.44. The van der Waals surface area contributed by atoms with Crippen molar-refractivity contribution in [3.05, 3.63) is 140 Å². The third-order valence-corrected chi connectivity index (χ3v) is 26.6. The van der Waals surface area contributed by atoms with Crippen LogP contribution in [-0.4, -0.2) is 179 Å². The first kappa shape index (κ1) is 84.8. The number of para-hydroxylation sites is 1. The van der Waals surface area contributed by atoms with Gasteiger partial charge in [0, 0.05) is 126 Å². The molecule has 0 spiro atoms. The monoisotopic (exact) mass is 1640 g/mol. The highest BCUT2D eigenvalue weighted by Gasteiger charge is 2.44. The van der Waals surface area contributed by atoms with Crippen LogP contribution in [-0.2, 0) is 0 Å². The number of aromatic hydroxyl groups is 1. The molecule has 0 bridgehead atoms. The van der Waals surface area contributed by atoms with Crippen molar-refractivity contribution in [1.82, 2.24) is 76.8 Å². The minimum absolute atomic E-state index is 0.0830. The van der Waals surface area contributed by atoms with Gasteiger partial charge in [0.1, 0.15) is 22.3 Å². The Morgan fingerprint density at radius 2 is 0.741 bits per heavy atom. The van der Waals surface area contributed by atoms with Crippen molar-refractivity contribution in [2.24, 2.45) is 0 Å². The number of nitrogens with zero attached hydrogens (tertiary/aromatic N) is 15. The number of pyridine rings is 1. The van der Waals surface area contributed by atoms with Crippen molar-refractivity contribution < 1.29 is 19.3 Å². The number of benzene rings is 6. The van der Waals surface area contributed by atoms with Gasteiger partial charge in [0.2, 0.25) is 26.4 Å². The van der Waals surface area contributed by atoms with Gasteiger partial charge in [-0.15, -0.1) is 40.8 Å². The van der Waals surface area contributed by atoms with E-state index < -0.39 is 0 Å². The molecule has 616 valence electrons. The third kappa shape index (κ3) is 20.2. The highest BCUT2D eigenvalue weighted by molar-refractivity contribution is 7.19. The Hall–Kier alpha value is -9.06. The lowest BCUT2D eigenvalue weighted by Crippen LogP contribution is -2.61. The van der Waals surface area contributed by atoms with Crippen molar-refractivity contribution >= 4 is 98.3 Å².